The fourth-order valence-corrected chi connectivity index (χ4v) is 3.49. The number of fused-ring (bicyclic) bond motifs is 1. The molecule has 0 aliphatic carbocycles. The van der Waals surface area contributed by atoms with Crippen molar-refractivity contribution in [2.45, 2.75) is 6.42 Å². The lowest BCUT2D eigenvalue weighted by Crippen LogP contribution is -2.35. The monoisotopic (exact) mass is 373 g/mol. The number of nitrogens with zero attached hydrogens (tertiary/aromatic N) is 1. The number of methoxy groups -OCH3 is 1. The number of hydrazine groups is 2. The van der Waals surface area contributed by atoms with E-state index in [1.54, 1.807) is 7.11 Å². The van der Waals surface area contributed by atoms with E-state index in [0.29, 0.717) is 18.0 Å². The van der Waals surface area contributed by atoms with Crippen LogP contribution < -0.4 is 21.2 Å². The molecular weight excluding hydrogens is 354 g/mol. The molecule has 4 aromatic rings. The van der Waals surface area contributed by atoms with E-state index >= 15 is 0 Å². The molecule has 28 heavy (non-hydrogen) atoms. The van der Waals surface area contributed by atoms with Gasteiger partial charge in [0.2, 0.25) is 5.84 Å². The minimum absolute atomic E-state index is 0.623. The van der Waals surface area contributed by atoms with Crippen LogP contribution in [0.3, 0.4) is 0 Å². The van der Waals surface area contributed by atoms with Crippen LogP contribution in [0.25, 0.3) is 22.2 Å². The molecule has 0 saturated carbocycles. The van der Waals surface area contributed by atoms with Gasteiger partial charge in [0.15, 0.2) is 5.76 Å². The van der Waals surface area contributed by atoms with Gasteiger partial charge in [0.1, 0.15) is 11.5 Å². The minimum Gasteiger partial charge on any atom is -0.497 e. The first-order chi connectivity index (χ1) is 13.8. The molecule has 7 heteroatoms. The minimum atomic E-state index is 0.623. The summed E-state index contributed by atoms with van der Waals surface area (Å²) in [6.07, 6.45) is 0.657. The van der Waals surface area contributed by atoms with Gasteiger partial charge in [-0.1, -0.05) is 30.3 Å². The Morgan fingerprint density at radius 2 is 1.93 bits per heavy atom. The second-order valence-corrected chi connectivity index (χ2v) is 6.52. The molecule has 0 atom stereocenters. The number of hydrogen-bond acceptors (Lipinski definition) is 6. The lowest BCUT2D eigenvalue weighted by atomic mass is 10.0. The van der Waals surface area contributed by atoms with Gasteiger partial charge in [-0.25, -0.2) is 5.53 Å². The molecule has 1 aliphatic rings. The molecule has 0 bridgehead atoms. The second kappa shape index (κ2) is 6.79. The number of hydrogen-bond donors (Lipinski definition) is 4. The van der Waals surface area contributed by atoms with Crippen molar-refractivity contribution in [1.82, 2.24) is 21.5 Å². The maximum atomic E-state index is 6.01. The van der Waals surface area contributed by atoms with Crippen molar-refractivity contribution in [3.05, 3.63) is 77.7 Å². The molecule has 0 spiro atoms. The van der Waals surface area contributed by atoms with Crippen molar-refractivity contribution in [3.63, 3.8) is 0 Å². The van der Waals surface area contributed by atoms with Crippen molar-refractivity contribution in [2.75, 3.05) is 7.11 Å². The van der Waals surface area contributed by atoms with Crippen LogP contribution in [0.15, 0.2) is 70.2 Å². The van der Waals surface area contributed by atoms with E-state index in [2.05, 4.69) is 44.8 Å². The van der Waals surface area contributed by atoms with Crippen LogP contribution in [0.5, 0.6) is 5.75 Å². The summed E-state index contributed by atoms with van der Waals surface area (Å²) < 4.78 is 11.4. The van der Waals surface area contributed by atoms with Crippen LogP contribution >= 0.6 is 0 Å². The summed E-state index contributed by atoms with van der Waals surface area (Å²) >= 11 is 0. The largest absolute Gasteiger partial charge is 0.497 e. The molecule has 4 N–H and O–H groups in total. The van der Waals surface area contributed by atoms with Crippen LogP contribution in [0.4, 0.5) is 0 Å². The first-order valence-electron chi connectivity index (χ1n) is 8.98. The number of hydrazone groups is 1. The third-order valence-corrected chi connectivity index (χ3v) is 4.83. The van der Waals surface area contributed by atoms with Gasteiger partial charge in [-0.2, -0.15) is 0 Å². The zero-order chi connectivity index (χ0) is 18.9. The van der Waals surface area contributed by atoms with Crippen LogP contribution in [0, 0.1) is 0 Å². The molecule has 0 unspecified atom stereocenters. The predicted molar refractivity (Wildman–Crippen MR) is 108 cm³/mol. The maximum absolute atomic E-state index is 6.01. The number of aromatic amines is 1. The SMILES string of the molecule is COc1ccc2c(Cc3ccc(C4=NNNN4)o3)c(-c3ccccc3)[nH]c2c1. The van der Waals surface area contributed by atoms with Crippen LogP contribution in [-0.2, 0) is 6.42 Å². The normalized spacial score (nSPS) is 13.2. The second-order valence-electron chi connectivity index (χ2n) is 6.52. The van der Waals surface area contributed by atoms with Crippen molar-refractivity contribution in [2.24, 2.45) is 5.10 Å². The molecule has 140 valence electrons. The van der Waals surface area contributed by atoms with E-state index < -0.39 is 0 Å². The number of benzene rings is 2. The van der Waals surface area contributed by atoms with Crippen LogP contribution in [0.1, 0.15) is 17.1 Å². The van der Waals surface area contributed by atoms with Crippen molar-refractivity contribution in [1.29, 1.82) is 0 Å². The molecule has 5 rings (SSSR count). The smallest absolute Gasteiger partial charge is 0.206 e. The summed E-state index contributed by atoms with van der Waals surface area (Å²) in [4.78, 5) is 3.56. The van der Waals surface area contributed by atoms with E-state index in [-0.39, 0.29) is 0 Å². The Morgan fingerprint density at radius 3 is 2.71 bits per heavy atom. The molecule has 3 heterocycles. The molecule has 0 amide bonds. The maximum Gasteiger partial charge on any atom is 0.206 e. The molecule has 1 aliphatic heterocycles. The lowest BCUT2D eigenvalue weighted by Gasteiger charge is -2.04. The van der Waals surface area contributed by atoms with E-state index in [9.17, 15) is 0 Å². The van der Waals surface area contributed by atoms with Crippen molar-refractivity contribution in [3.8, 4) is 17.0 Å². The number of amidine groups is 1. The Bertz CT molecular complexity index is 1160. The van der Waals surface area contributed by atoms with Gasteiger partial charge in [0, 0.05) is 23.4 Å². The predicted octanol–water partition coefficient (Wildman–Crippen LogP) is 3.30. The Balaban J connectivity index is 1.59. The van der Waals surface area contributed by atoms with E-state index in [1.165, 1.54) is 5.56 Å². The van der Waals surface area contributed by atoms with Gasteiger partial charge in [0.25, 0.3) is 0 Å². The van der Waals surface area contributed by atoms with E-state index in [1.807, 2.05) is 42.5 Å². The highest BCUT2D eigenvalue weighted by Crippen LogP contribution is 2.34. The highest BCUT2D eigenvalue weighted by Gasteiger charge is 2.18. The molecule has 0 radical (unpaired) electrons. The standard InChI is InChI=1S/C21H19N5O2/c1-27-14-7-9-16-17(11-15-8-10-19(28-15)21-23-25-26-24-21)20(22-18(16)12-14)13-5-3-2-4-6-13/h2-10,12,22,25-26H,11H2,1H3,(H,23,24). The van der Waals surface area contributed by atoms with Crippen LogP contribution in [-0.4, -0.2) is 17.9 Å². The number of nitrogens with one attached hydrogen (secondary N) is 4. The fraction of sp³-hybridized carbons (Fsp3) is 0.0952. The summed E-state index contributed by atoms with van der Waals surface area (Å²) in [7, 11) is 1.68. The third-order valence-electron chi connectivity index (χ3n) is 4.83. The number of rotatable bonds is 5. The number of H-pyrrole nitrogens is 1. The van der Waals surface area contributed by atoms with Gasteiger partial charge in [-0.3, -0.25) is 5.43 Å². The molecule has 2 aromatic heterocycles. The third kappa shape index (κ3) is 2.87. The van der Waals surface area contributed by atoms with Gasteiger partial charge in [-0.05, 0) is 35.4 Å². The van der Waals surface area contributed by atoms with Gasteiger partial charge < -0.3 is 14.1 Å². The summed E-state index contributed by atoms with van der Waals surface area (Å²) in [5.41, 5.74) is 12.7. The summed E-state index contributed by atoms with van der Waals surface area (Å²) in [6, 6.07) is 20.3. The van der Waals surface area contributed by atoms with Gasteiger partial charge in [-0.15, -0.1) is 10.6 Å². The highest BCUT2D eigenvalue weighted by atomic mass is 16.5. The Hall–Kier alpha value is -3.71. The van der Waals surface area contributed by atoms with Crippen molar-refractivity contribution < 1.29 is 9.15 Å². The zero-order valence-corrected chi connectivity index (χ0v) is 15.2. The summed E-state index contributed by atoms with van der Waals surface area (Å²) in [6.45, 7) is 0. The molecule has 2 aromatic carbocycles. The Morgan fingerprint density at radius 1 is 1.04 bits per heavy atom. The van der Waals surface area contributed by atoms with E-state index in [4.69, 9.17) is 9.15 Å². The average Bonchev–Trinajstić information content (AvgIpc) is 3.49. The fourth-order valence-electron chi connectivity index (χ4n) is 3.49. The molecule has 0 saturated heterocycles. The molecule has 7 nitrogen and oxygen atoms in total. The topological polar surface area (TPSA) is 86.6 Å². The summed E-state index contributed by atoms with van der Waals surface area (Å²) in [5.74, 6) is 2.99. The number of aromatic nitrogens is 1. The lowest BCUT2D eigenvalue weighted by molar-refractivity contribution is 0.415. The Kier molecular flexibility index (Phi) is 3.99. The first-order valence-corrected chi connectivity index (χ1v) is 8.98. The Labute approximate surface area is 161 Å². The molecule has 0 fully saturated rings. The van der Waals surface area contributed by atoms with Gasteiger partial charge >= 0.3 is 0 Å². The van der Waals surface area contributed by atoms with E-state index in [0.717, 1.165) is 33.7 Å². The number of furan rings is 1. The quantitative estimate of drug-likeness (QED) is 0.431. The van der Waals surface area contributed by atoms with Gasteiger partial charge in [0.05, 0.1) is 12.8 Å². The zero-order valence-electron chi connectivity index (χ0n) is 15.2. The number of ether oxygens (including phenoxy) is 1. The summed E-state index contributed by atoms with van der Waals surface area (Å²) in [5, 5.41) is 5.23. The van der Waals surface area contributed by atoms with Crippen LogP contribution in [0.2, 0.25) is 0 Å². The average molecular weight is 373 g/mol. The first kappa shape index (κ1) is 16.5. The van der Waals surface area contributed by atoms with Crippen molar-refractivity contribution >= 4 is 16.7 Å². The highest BCUT2D eigenvalue weighted by molar-refractivity contribution is 5.96. The molecular formula is C21H19N5O2.